The predicted octanol–water partition coefficient (Wildman–Crippen LogP) is 3.31. The van der Waals surface area contributed by atoms with Crippen molar-refractivity contribution in [1.82, 2.24) is 9.78 Å². The maximum atomic E-state index is 4.35. The van der Waals surface area contributed by atoms with Crippen molar-refractivity contribution < 1.29 is 0 Å². The number of rotatable bonds is 6. The lowest BCUT2D eigenvalue weighted by Gasteiger charge is -2.06. The van der Waals surface area contributed by atoms with Crippen LogP contribution >= 0.6 is 15.9 Å². The maximum absolute atomic E-state index is 4.35. The number of hydrogen-bond acceptors (Lipinski definition) is 1. The van der Waals surface area contributed by atoms with Crippen LogP contribution in [0.3, 0.4) is 0 Å². The minimum absolute atomic E-state index is 0.691. The zero-order valence-electron chi connectivity index (χ0n) is 9.04. The van der Waals surface area contributed by atoms with Crippen LogP contribution in [-0.4, -0.2) is 14.6 Å². The van der Waals surface area contributed by atoms with E-state index < -0.39 is 0 Å². The van der Waals surface area contributed by atoms with Gasteiger partial charge in [-0.15, -0.1) is 0 Å². The maximum Gasteiger partial charge on any atom is 0.0624 e. The van der Waals surface area contributed by atoms with E-state index in [1.807, 2.05) is 17.9 Å². The molecule has 0 N–H and O–H groups in total. The monoisotopic (exact) mass is 258 g/mol. The Morgan fingerprint density at radius 3 is 2.86 bits per heavy atom. The van der Waals surface area contributed by atoms with Crippen LogP contribution in [0.2, 0.25) is 0 Å². The molecule has 14 heavy (non-hydrogen) atoms. The molecule has 0 amide bonds. The topological polar surface area (TPSA) is 17.8 Å². The molecule has 0 radical (unpaired) electrons. The van der Waals surface area contributed by atoms with E-state index in [4.69, 9.17) is 0 Å². The predicted molar refractivity (Wildman–Crippen MR) is 63.8 cm³/mol. The molecule has 0 aromatic carbocycles. The molecule has 1 heterocycles. The summed E-state index contributed by atoms with van der Waals surface area (Å²) in [6.07, 6.45) is 8.14. The summed E-state index contributed by atoms with van der Waals surface area (Å²) in [5.74, 6) is 0. The summed E-state index contributed by atoms with van der Waals surface area (Å²) >= 11 is 3.69. The van der Waals surface area contributed by atoms with E-state index in [1.165, 1.54) is 31.4 Å². The average Bonchev–Trinajstić information content (AvgIpc) is 2.52. The van der Waals surface area contributed by atoms with Crippen molar-refractivity contribution in [2.24, 2.45) is 7.05 Å². The Labute approximate surface area is 94.8 Å². The van der Waals surface area contributed by atoms with Crippen molar-refractivity contribution in [1.29, 1.82) is 0 Å². The smallest absolute Gasteiger partial charge is 0.0624 e. The van der Waals surface area contributed by atoms with Gasteiger partial charge in [0.05, 0.1) is 5.69 Å². The molecule has 1 aromatic heterocycles. The highest BCUT2D eigenvalue weighted by Crippen LogP contribution is 2.15. The first-order valence-electron chi connectivity index (χ1n) is 5.35. The van der Waals surface area contributed by atoms with E-state index >= 15 is 0 Å². The van der Waals surface area contributed by atoms with Crippen molar-refractivity contribution in [2.75, 3.05) is 0 Å². The Hall–Kier alpha value is -0.310. The van der Waals surface area contributed by atoms with Crippen LogP contribution in [0.5, 0.6) is 0 Å². The van der Waals surface area contributed by atoms with Crippen LogP contribution in [0.1, 0.15) is 38.3 Å². The number of alkyl halides is 1. The zero-order valence-corrected chi connectivity index (χ0v) is 10.6. The number of hydrogen-bond donors (Lipinski definition) is 0. The molecular formula is C11H19BrN2. The zero-order chi connectivity index (χ0) is 10.4. The second-order valence-electron chi connectivity index (χ2n) is 3.76. The molecule has 0 spiro atoms. The Balaban J connectivity index is 2.15. The average molecular weight is 259 g/mol. The summed E-state index contributed by atoms with van der Waals surface area (Å²) in [6, 6.07) is 2.10. The van der Waals surface area contributed by atoms with E-state index in [1.54, 1.807) is 0 Å². The summed E-state index contributed by atoms with van der Waals surface area (Å²) < 4.78 is 1.87. The quantitative estimate of drug-likeness (QED) is 0.717. The molecule has 0 aliphatic rings. The molecule has 1 rings (SSSR count). The molecular weight excluding hydrogens is 240 g/mol. The first-order valence-corrected chi connectivity index (χ1v) is 6.26. The molecule has 1 unspecified atom stereocenters. The van der Waals surface area contributed by atoms with E-state index in [9.17, 15) is 0 Å². The van der Waals surface area contributed by atoms with E-state index in [0.717, 1.165) is 6.42 Å². The molecule has 3 heteroatoms. The SMILES string of the molecule is CCCC(Br)CCCc1ccn(C)n1. The van der Waals surface area contributed by atoms with Gasteiger partial charge in [0.15, 0.2) is 0 Å². The van der Waals surface area contributed by atoms with Gasteiger partial charge >= 0.3 is 0 Å². The van der Waals surface area contributed by atoms with Crippen molar-refractivity contribution in [2.45, 2.75) is 43.9 Å². The number of aromatic nitrogens is 2. The normalized spacial score (nSPS) is 13.1. The summed E-state index contributed by atoms with van der Waals surface area (Å²) in [5, 5.41) is 4.35. The summed E-state index contributed by atoms with van der Waals surface area (Å²) in [6.45, 7) is 2.23. The van der Waals surface area contributed by atoms with Gasteiger partial charge in [0.2, 0.25) is 0 Å². The van der Waals surface area contributed by atoms with Crippen LogP contribution in [0.15, 0.2) is 12.3 Å². The number of nitrogens with zero attached hydrogens (tertiary/aromatic N) is 2. The Kier molecular flexibility index (Phi) is 5.23. The molecule has 0 aliphatic carbocycles. The lowest BCUT2D eigenvalue weighted by Crippen LogP contribution is -1.98. The number of halogens is 1. The van der Waals surface area contributed by atoms with E-state index in [-0.39, 0.29) is 0 Å². The van der Waals surface area contributed by atoms with Gasteiger partial charge in [-0.3, -0.25) is 4.68 Å². The fourth-order valence-corrected chi connectivity index (χ4v) is 2.34. The van der Waals surface area contributed by atoms with E-state index in [0.29, 0.717) is 4.83 Å². The fourth-order valence-electron chi connectivity index (χ4n) is 1.56. The molecule has 2 nitrogen and oxygen atoms in total. The lowest BCUT2D eigenvalue weighted by atomic mass is 10.1. The molecule has 0 fully saturated rings. The first kappa shape index (κ1) is 11.8. The van der Waals surface area contributed by atoms with Gasteiger partial charge in [0.25, 0.3) is 0 Å². The molecule has 0 aliphatic heterocycles. The number of aryl methyl sites for hydroxylation is 2. The van der Waals surface area contributed by atoms with Gasteiger partial charge in [0.1, 0.15) is 0 Å². The minimum atomic E-state index is 0.691. The minimum Gasteiger partial charge on any atom is -0.276 e. The highest BCUT2D eigenvalue weighted by Gasteiger charge is 2.03. The van der Waals surface area contributed by atoms with Crippen molar-refractivity contribution in [3.05, 3.63) is 18.0 Å². The van der Waals surface area contributed by atoms with Gasteiger partial charge in [-0.05, 0) is 31.7 Å². The van der Waals surface area contributed by atoms with Crippen molar-refractivity contribution >= 4 is 15.9 Å². The fraction of sp³-hybridized carbons (Fsp3) is 0.727. The first-order chi connectivity index (χ1) is 6.72. The molecule has 1 atom stereocenters. The van der Waals surface area contributed by atoms with Crippen LogP contribution in [-0.2, 0) is 13.5 Å². The van der Waals surface area contributed by atoms with Crippen molar-refractivity contribution in [3.63, 3.8) is 0 Å². The van der Waals surface area contributed by atoms with Gasteiger partial charge < -0.3 is 0 Å². The van der Waals surface area contributed by atoms with Gasteiger partial charge in [-0.25, -0.2) is 0 Å². The Morgan fingerprint density at radius 2 is 2.29 bits per heavy atom. The highest BCUT2D eigenvalue weighted by molar-refractivity contribution is 9.09. The molecule has 0 saturated carbocycles. The van der Waals surface area contributed by atoms with Gasteiger partial charge in [0, 0.05) is 18.1 Å². The summed E-state index contributed by atoms with van der Waals surface area (Å²) in [4.78, 5) is 0.691. The molecule has 0 saturated heterocycles. The molecule has 1 aromatic rings. The lowest BCUT2D eigenvalue weighted by molar-refractivity contribution is 0.642. The Bertz CT molecular complexity index is 258. The van der Waals surface area contributed by atoms with Crippen molar-refractivity contribution in [3.8, 4) is 0 Å². The van der Waals surface area contributed by atoms with Gasteiger partial charge in [-0.1, -0.05) is 29.3 Å². The van der Waals surface area contributed by atoms with Crippen LogP contribution in [0.4, 0.5) is 0 Å². The standard InChI is InChI=1S/C11H19BrN2/c1-3-5-10(12)6-4-7-11-8-9-14(2)13-11/h8-10H,3-7H2,1-2H3. The third-order valence-electron chi connectivity index (χ3n) is 2.32. The van der Waals surface area contributed by atoms with Gasteiger partial charge in [-0.2, -0.15) is 5.10 Å². The Morgan fingerprint density at radius 1 is 1.50 bits per heavy atom. The third kappa shape index (κ3) is 4.27. The second-order valence-corrected chi connectivity index (χ2v) is 5.05. The van der Waals surface area contributed by atoms with Crippen LogP contribution < -0.4 is 0 Å². The molecule has 80 valence electrons. The summed E-state index contributed by atoms with van der Waals surface area (Å²) in [5.41, 5.74) is 1.21. The van der Waals surface area contributed by atoms with Crippen LogP contribution in [0.25, 0.3) is 0 Å². The largest absolute Gasteiger partial charge is 0.276 e. The molecule has 0 bridgehead atoms. The highest BCUT2D eigenvalue weighted by atomic mass is 79.9. The second kappa shape index (κ2) is 6.23. The van der Waals surface area contributed by atoms with Crippen LogP contribution in [0, 0.1) is 0 Å². The van der Waals surface area contributed by atoms with E-state index in [2.05, 4.69) is 34.0 Å². The summed E-state index contributed by atoms with van der Waals surface area (Å²) in [7, 11) is 1.97. The third-order valence-corrected chi connectivity index (χ3v) is 3.24.